The van der Waals surface area contributed by atoms with Gasteiger partial charge in [0, 0.05) is 12.1 Å². The van der Waals surface area contributed by atoms with Gasteiger partial charge in [0.2, 0.25) is 0 Å². The van der Waals surface area contributed by atoms with Gasteiger partial charge in [-0.05, 0) is 6.42 Å². The average Bonchev–Trinajstić information content (AvgIpc) is 2.14. The molecule has 0 spiro atoms. The molecule has 0 radical (unpaired) electrons. The van der Waals surface area contributed by atoms with Gasteiger partial charge in [0.1, 0.15) is 4.99 Å². The molecule has 2 N–H and O–H groups in total. The molecule has 0 saturated carbocycles. The zero-order valence-corrected chi connectivity index (χ0v) is 5.16. The van der Waals surface area contributed by atoms with Crippen molar-refractivity contribution in [2.75, 3.05) is 6.54 Å². The zero-order valence-electron chi connectivity index (χ0n) is 4.35. The molecule has 0 aliphatic carbocycles. The molecule has 3 heteroatoms. The van der Waals surface area contributed by atoms with E-state index in [1.807, 2.05) is 0 Å². The molecule has 0 amide bonds. The lowest BCUT2D eigenvalue weighted by Crippen LogP contribution is -2.11. The highest BCUT2D eigenvalue weighted by molar-refractivity contribution is 7.80. The van der Waals surface area contributed by atoms with Crippen LogP contribution in [-0.4, -0.2) is 16.6 Å². The minimum absolute atomic E-state index is 0.688. The first kappa shape index (κ1) is 5.56. The Morgan fingerprint density at radius 1 is 1.75 bits per heavy atom. The van der Waals surface area contributed by atoms with Crippen LogP contribution in [0.1, 0.15) is 6.42 Å². The van der Waals surface area contributed by atoms with E-state index >= 15 is 0 Å². The fraction of sp³-hybridized carbons (Fsp3) is 0.400. The van der Waals surface area contributed by atoms with Crippen molar-refractivity contribution in [1.29, 1.82) is 0 Å². The Kier molecular flexibility index (Phi) is 1.48. The van der Waals surface area contributed by atoms with E-state index in [1.165, 1.54) is 0 Å². The number of aliphatic hydroxyl groups is 1. The second kappa shape index (κ2) is 2.13. The summed E-state index contributed by atoms with van der Waals surface area (Å²) in [5.41, 5.74) is 0.847. The number of rotatable bonds is 0. The molecular formula is C5H7NOS. The van der Waals surface area contributed by atoms with Crippen molar-refractivity contribution in [3.05, 3.63) is 11.8 Å². The lowest BCUT2D eigenvalue weighted by Gasteiger charge is -1.89. The van der Waals surface area contributed by atoms with Crippen LogP contribution in [0.15, 0.2) is 11.8 Å². The van der Waals surface area contributed by atoms with Crippen LogP contribution in [0, 0.1) is 0 Å². The van der Waals surface area contributed by atoms with Crippen molar-refractivity contribution in [3.63, 3.8) is 0 Å². The number of hydrogen-bond donors (Lipinski definition) is 2. The average molecular weight is 129 g/mol. The minimum Gasteiger partial charge on any atom is -0.515 e. The van der Waals surface area contributed by atoms with E-state index in [4.69, 9.17) is 17.3 Å². The van der Waals surface area contributed by atoms with Crippen LogP contribution < -0.4 is 5.32 Å². The molecular weight excluding hydrogens is 122 g/mol. The largest absolute Gasteiger partial charge is 0.515 e. The van der Waals surface area contributed by atoms with Gasteiger partial charge in [0.25, 0.3) is 0 Å². The van der Waals surface area contributed by atoms with Crippen LogP contribution >= 0.6 is 12.2 Å². The Labute approximate surface area is 53.2 Å². The fourth-order valence-corrected chi connectivity index (χ4v) is 0.918. The summed E-state index contributed by atoms with van der Waals surface area (Å²) < 4.78 is 0. The molecule has 8 heavy (non-hydrogen) atoms. The summed E-state index contributed by atoms with van der Waals surface area (Å²) in [4.78, 5) is 0.688. The first-order valence-corrected chi connectivity index (χ1v) is 2.87. The highest BCUT2D eigenvalue weighted by Crippen LogP contribution is 2.06. The highest BCUT2D eigenvalue weighted by Gasteiger charge is 2.10. The Bertz CT molecular complexity index is 141. The maximum Gasteiger partial charge on any atom is 0.105 e. The van der Waals surface area contributed by atoms with Crippen LogP contribution in [0.5, 0.6) is 0 Å². The summed E-state index contributed by atoms with van der Waals surface area (Å²) in [5, 5.41) is 11.4. The molecule has 1 saturated heterocycles. The smallest absolute Gasteiger partial charge is 0.105 e. The molecule has 44 valence electrons. The lowest BCUT2D eigenvalue weighted by atomic mass is 10.3. The van der Waals surface area contributed by atoms with Gasteiger partial charge in [-0.25, -0.2) is 0 Å². The minimum atomic E-state index is 0.688. The predicted octanol–water partition coefficient (Wildman–Crippen LogP) is 0.749. The van der Waals surface area contributed by atoms with Crippen LogP contribution in [0.4, 0.5) is 0 Å². The molecule has 0 aromatic carbocycles. The van der Waals surface area contributed by atoms with Crippen LogP contribution in [0.3, 0.4) is 0 Å². The zero-order chi connectivity index (χ0) is 5.98. The van der Waals surface area contributed by atoms with Crippen molar-refractivity contribution < 1.29 is 5.11 Å². The van der Waals surface area contributed by atoms with E-state index in [9.17, 15) is 0 Å². The third-order valence-electron chi connectivity index (χ3n) is 1.13. The number of nitrogens with one attached hydrogen (secondary N) is 1. The first-order chi connectivity index (χ1) is 3.84. The number of aliphatic hydroxyl groups excluding tert-OH is 1. The van der Waals surface area contributed by atoms with Crippen LogP contribution in [0.2, 0.25) is 0 Å². The summed E-state index contributed by atoms with van der Waals surface area (Å²) in [6, 6.07) is 0. The molecule has 1 aliphatic rings. The lowest BCUT2D eigenvalue weighted by molar-refractivity contribution is 0.469. The monoisotopic (exact) mass is 129 g/mol. The molecule has 0 aromatic heterocycles. The van der Waals surface area contributed by atoms with E-state index in [-0.39, 0.29) is 0 Å². The van der Waals surface area contributed by atoms with Crippen LogP contribution in [-0.2, 0) is 0 Å². The van der Waals surface area contributed by atoms with Gasteiger partial charge >= 0.3 is 0 Å². The Morgan fingerprint density at radius 3 is 2.75 bits per heavy atom. The second-order valence-corrected chi connectivity index (χ2v) is 2.07. The summed E-state index contributed by atoms with van der Waals surface area (Å²) in [5.74, 6) is 0. The fourth-order valence-electron chi connectivity index (χ4n) is 0.661. The van der Waals surface area contributed by atoms with E-state index in [1.54, 1.807) is 0 Å². The van der Waals surface area contributed by atoms with Gasteiger partial charge < -0.3 is 10.4 Å². The normalized spacial score (nSPS) is 24.0. The van der Waals surface area contributed by atoms with Gasteiger partial charge in [-0.1, -0.05) is 12.2 Å². The SMILES string of the molecule is O/C=C1/CCNC1=S. The topological polar surface area (TPSA) is 32.3 Å². The molecule has 1 fully saturated rings. The van der Waals surface area contributed by atoms with Gasteiger partial charge in [-0.2, -0.15) is 0 Å². The van der Waals surface area contributed by atoms with E-state index in [0.29, 0.717) is 4.99 Å². The van der Waals surface area contributed by atoms with Crippen molar-refractivity contribution in [2.45, 2.75) is 6.42 Å². The molecule has 2 nitrogen and oxygen atoms in total. The highest BCUT2D eigenvalue weighted by atomic mass is 32.1. The predicted molar refractivity (Wildman–Crippen MR) is 35.9 cm³/mol. The van der Waals surface area contributed by atoms with Crippen LogP contribution in [0.25, 0.3) is 0 Å². The Hall–Kier alpha value is -0.570. The van der Waals surface area contributed by atoms with Gasteiger partial charge in [-0.3, -0.25) is 0 Å². The summed E-state index contributed by atoms with van der Waals surface area (Å²) in [7, 11) is 0. The van der Waals surface area contributed by atoms with Gasteiger partial charge in [-0.15, -0.1) is 0 Å². The van der Waals surface area contributed by atoms with Crippen molar-refractivity contribution in [3.8, 4) is 0 Å². The van der Waals surface area contributed by atoms with E-state index in [0.717, 1.165) is 24.8 Å². The molecule has 1 rings (SSSR count). The summed E-state index contributed by atoms with van der Waals surface area (Å²) >= 11 is 4.80. The molecule has 0 aromatic rings. The molecule has 1 aliphatic heterocycles. The Morgan fingerprint density at radius 2 is 2.50 bits per heavy atom. The van der Waals surface area contributed by atoms with Gasteiger partial charge in [0.15, 0.2) is 0 Å². The quantitative estimate of drug-likeness (QED) is 0.287. The summed E-state index contributed by atoms with van der Waals surface area (Å²) in [6.07, 6.45) is 1.93. The second-order valence-electron chi connectivity index (χ2n) is 1.66. The van der Waals surface area contributed by atoms with E-state index in [2.05, 4.69) is 5.32 Å². The van der Waals surface area contributed by atoms with E-state index < -0.39 is 0 Å². The first-order valence-electron chi connectivity index (χ1n) is 2.46. The number of hydrogen-bond acceptors (Lipinski definition) is 2. The number of thiocarbonyl (C=S) groups is 1. The maximum absolute atomic E-state index is 8.45. The van der Waals surface area contributed by atoms with Crippen molar-refractivity contribution in [2.24, 2.45) is 0 Å². The van der Waals surface area contributed by atoms with Crippen molar-refractivity contribution in [1.82, 2.24) is 5.32 Å². The third-order valence-corrected chi connectivity index (χ3v) is 1.53. The maximum atomic E-state index is 8.45. The van der Waals surface area contributed by atoms with Gasteiger partial charge in [0.05, 0.1) is 6.26 Å². The summed E-state index contributed by atoms with van der Waals surface area (Å²) in [6.45, 7) is 0.866. The third kappa shape index (κ3) is 0.816. The standard InChI is InChI=1S/C5H7NOS/c7-3-4-1-2-6-5(4)8/h3,7H,1-2H2,(H,6,8)/b4-3-. The molecule has 0 bridgehead atoms. The molecule has 0 atom stereocenters. The molecule has 0 unspecified atom stereocenters. The Balaban J connectivity index is 2.69. The molecule has 1 heterocycles. The van der Waals surface area contributed by atoms with Crippen molar-refractivity contribution >= 4 is 17.2 Å².